The van der Waals surface area contributed by atoms with Crippen LogP contribution < -0.4 is 15.8 Å². The fourth-order valence-corrected chi connectivity index (χ4v) is 2.78. The second-order valence-corrected chi connectivity index (χ2v) is 5.96. The number of sulfonamides is 1. The van der Waals surface area contributed by atoms with E-state index in [0.29, 0.717) is 6.54 Å². The number of hydrogen-bond donors (Lipinski definition) is 3. The van der Waals surface area contributed by atoms with Gasteiger partial charge in [0.15, 0.2) is 0 Å². The van der Waals surface area contributed by atoms with Crippen molar-refractivity contribution >= 4 is 33.3 Å². The Morgan fingerprint density at radius 3 is 2.74 bits per heavy atom. The van der Waals surface area contributed by atoms with Crippen LogP contribution in [-0.4, -0.2) is 21.0 Å². The van der Waals surface area contributed by atoms with Crippen LogP contribution in [0.3, 0.4) is 0 Å². The molecule has 19 heavy (non-hydrogen) atoms. The minimum atomic E-state index is -4.02. The van der Waals surface area contributed by atoms with Gasteiger partial charge in [-0.3, -0.25) is 0 Å². The molecule has 1 aromatic rings. The van der Waals surface area contributed by atoms with Crippen molar-refractivity contribution in [2.75, 3.05) is 12.3 Å². The molecule has 1 rings (SSSR count). The molecule has 0 atom stereocenters. The van der Waals surface area contributed by atoms with E-state index in [0.717, 1.165) is 12.8 Å². The molecule has 0 spiro atoms. The van der Waals surface area contributed by atoms with Crippen LogP contribution in [0, 0.1) is 0 Å². The lowest BCUT2D eigenvalue weighted by molar-refractivity contribution is 0.245. The van der Waals surface area contributed by atoms with Crippen molar-refractivity contribution in [3.8, 4) is 0 Å². The first-order valence-corrected chi connectivity index (χ1v) is 7.58. The normalized spacial score (nSPS) is 11.1. The summed E-state index contributed by atoms with van der Waals surface area (Å²) in [6.45, 7) is 2.37. The van der Waals surface area contributed by atoms with Crippen LogP contribution in [0.4, 0.5) is 10.5 Å². The summed E-state index contributed by atoms with van der Waals surface area (Å²) in [6.07, 6.45) is 1.67. The highest BCUT2D eigenvalue weighted by Gasteiger charge is 2.20. The van der Waals surface area contributed by atoms with Gasteiger partial charge in [-0.25, -0.2) is 17.9 Å². The molecule has 2 amide bonds. The van der Waals surface area contributed by atoms with Gasteiger partial charge in [0.25, 0.3) is 10.0 Å². The number of unbranched alkanes of at least 4 members (excludes halogenated alkanes) is 1. The number of hydrogen-bond acceptors (Lipinski definition) is 4. The summed E-state index contributed by atoms with van der Waals surface area (Å²) in [6, 6.07) is 3.25. The van der Waals surface area contributed by atoms with Crippen LogP contribution in [0.25, 0.3) is 0 Å². The summed E-state index contributed by atoms with van der Waals surface area (Å²) in [7, 11) is -4.02. The molecule has 0 fully saturated rings. The molecule has 6 nitrogen and oxygen atoms in total. The largest absolute Gasteiger partial charge is 0.399 e. The highest BCUT2D eigenvalue weighted by Crippen LogP contribution is 2.23. The highest BCUT2D eigenvalue weighted by atomic mass is 35.5. The molecule has 106 valence electrons. The smallest absolute Gasteiger partial charge is 0.328 e. The number of urea groups is 1. The van der Waals surface area contributed by atoms with Gasteiger partial charge in [0.05, 0.1) is 5.02 Å². The Morgan fingerprint density at radius 2 is 2.11 bits per heavy atom. The van der Waals surface area contributed by atoms with Crippen molar-refractivity contribution in [2.24, 2.45) is 0 Å². The average Bonchev–Trinajstić information content (AvgIpc) is 2.32. The third-order valence-electron chi connectivity index (χ3n) is 2.29. The van der Waals surface area contributed by atoms with Gasteiger partial charge >= 0.3 is 6.03 Å². The van der Waals surface area contributed by atoms with Gasteiger partial charge in [-0.2, -0.15) is 0 Å². The molecule has 0 heterocycles. The number of nitrogen functional groups attached to an aromatic ring is 1. The third-order valence-corrected chi connectivity index (χ3v) is 4.10. The molecule has 0 aliphatic rings. The van der Waals surface area contributed by atoms with Crippen LogP contribution in [-0.2, 0) is 10.0 Å². The maximum atomic E-state index is 11.9. The van der Waals surface area contributed by atoms with Gasteiger partial charge in [-0.15, -0.1) is 0 Å². The molecule has 4 N–H and O–H groups in total. The Labute approximate surface area is 117 Å². The van der Waals surface area contributed by atoms with Crippen molar-refractivity contribution in [2.45, 2.75) is 24.7 Å². The van der Waals surface area contributed by atoms with E-state index < -0.39 is 16.1 Å². The lowest BCUT2D eigenvalue weighted by atomic mass is 10.3. The van der Waals surface area contributed by atoms with Crippen molar-refractivity contribution in [3.63, 3.8) is 0 Å². The summed E-state index contributed by atoms with van der Waals surface area (Å²) >= 11 is 5.78. The summed E-state index contributed by atoms with van der Waals surface area (Å²) in [4.78, 5) is 11.2. The number of halogens is 1. The first-order chi connectivity index (χ1) is 8.86. The molecule has 0 radical (unpaired) electrons. The zero-order valence-corrected chi connectivity index (χ0v) is 12.0. The number of nitrogens with two attached hydrogens (primary N) is 1. The molecule has 0 saturated heterocycles. The Kier molecular flexibility index (Phi) is 5.44. The number of nitrogens with one attached hydrogen (secondary N) is 2. The quantitative estimate of drug-likeness (QED) is 0.569. The third kappa shape index (κ3) is 4.60. The molecule has 1 aromatic carbocycles. The van der Waals surface area contributed by atoms with E-state index in [1.165, 1.54) is 18.2 Å². The van der Waals surface area contributed by atoms with Crippen LogP contribution >= 0.6 is 11.6 Å². The van der Waals surface area contributed by atoms with E-state index in [1.54, 1.807) is 0 Å². The summed E-state index contributed by atoms with van der Waals surface area (Å²) in [5, 5.41) is 2.44. The number of rotatable bonds is 5. The number of benzene rings is 1. The average molecular weight is 306 g/mol. The number of carbonyl (C=O) groups is 1. The standard InChI is InChI=1S/C11H16ClN3O3S/c1-2-3-6-14-11(16)15-19(17,18)10-7-8(13)4-5-9(10)12/h4-5,7H,2-3,6,13H2,1H3,(H2,14,15,16). The predicted molar refractivity (Wildman–Crippen MR) is 74.5 cm³/mol. The minimum Gasteiger partial charge on any atom is -0.399 e. The molecular formula is C11H16ClN3O3S. The Bertz CT molecular complexity index is 560. The van der Waals surface area contributed by atoms with Crippen LogP contribution in [0.2, 0.25) is 5.02 Å². The molecule has 0 aromatic heterocycles. The zero-order valence-electron chi connectivity index (χ0n) is 10.4. The Hall–Kier alpha value is -1.47. The fraction of sp³-hybridized carbons (Fsp3) is 0.364. The maximum absolute atomic E-state index is 11.9. The van der Waals surface area contributed by atoms with Crippen molar-refractivity contribution in [3.05, 3.63) is 23.2 Å². The van der Waals surface area contributed by atoms with Crippen molar-refractivity contribution in [1.82, 2.24) is 10.0 Å². The second kappa shape index (κ2) is 6.63. The van der Waals surface area contributed by atoms with Crippen molar-refractivity contribution < 1.29 is 13.2 Å². The van der Waals surface area contributed by atoms with Gasteiger partial charge in [0.2, 0.25) is 0 Å². The van der Waals surface area contributed by atoms with E-state index in [4.69, 9.17) is 17.3 Å². The Balaban J connectivity index is 2.81. The van der Waals surface area contributed by atoms with E-state index in [2.05, 4.69) is 5.32 Å². The van der Waals surface area contributed by atoms with Gasteiger partial charge < -0.3 is 11.1 Å². The molecule has 0 bridgehead atoms. The van der Waals surface area contributed by atoms with Crippen LogP contribution in [0.5, 0.6) is 0 Å². The van der Waals surface area contributed by atoms with E-state index >= 15 is 0 Å². The summed E-state index contributed by atoms with van der Waals surface area (Å²) in [5.41, 5.74) is 5.75. The van der Waals surface area contributed by atoms with Gasteiger partial charge in [0.1, 0.15) is 4.90 Å². The lowest BCUT2D eigenvalue weighted by Crippen LogP contribution is -2.39. The predicted octanol–water partition coefficient (Wildman–Crippen LogP) is 1.71. The topological polar surface area (TPSA) is 101 Å². The zero-order chi connectivity index (χ0) is 14.5. The highest BCUT2D eigenvalue weighted by molar-refractivity contribution is 7.90. The van der Waals surface area contributed by atoms with Crippen LogP contribution in [0.15, 0.2) is 23.1 Å². The summed E-state index contributed by atoms with van der Waals surface area (Å²) < 4.78 is 25.8. The first kappa shape index (κ1) is 15.6. The Morgan fingerprint density at radius 1 is 1.42 bits per heavy atom. The molecule has 0 saturated carbocycles. The van der Waals surface area contributed by atoms with Crippen LogP contribution in [0.1, 0.15) is 19.8 Å². The molecule has 0 aliphatic heterocycles. The van der Waals surface area contributed by atoms with E-state index in [1.807, 2.05) is 11.6 Å². The minimum absolute atomic E-state index is 0.00283. The van der Waals surface area contributed by atoms with Crippen molar-refractivity contribution in [1.29, 1.82) is 0 Å². The van der Waals surface area contributed by atoms with Gasteiger partial charge in [-0.1, -0.05) is 24.9 Å². The monoisotopic (exact) mass is 305 g/mol. The maximum Gasteiger partial charge on any atom is 0.328 e. The van der Waals surface area contributed by atoms with E-state index in [-0.39, 0.29) is 15.6 Å². The SMILES string of the molecule is CCCCNC(=O)NS(=O)(=O)c1cc(N)ccc1Cl. The van der Waals surface area contributed by atoms with E-state index in [9.17, 15) is 13.2 Å². The first-order valence-electron chi connectivity index (χ1n) is 5.72. The molecule has 0 unspecified atom stereocenters. The number of amides is 2. The summed E-state index contributed by atoms with van der Waals surface area (Å²) in [5.74, 6) is 0. The second-order valence-electron chi connectivity index (χ2n) is 3.90. The lowest BCUT2D eigenvalue weighted by Gasteiger charge is -2.10. The van der Waals surface area contributed by atoms with Gasteiger partial charge in [0, 0.05) is 12.2 Å². The molecule has 8 heteroatoms. The number of anilines is 1. The molecule has 0 aliphatic carbocycles. The fourth-order valence-electron chi connectivity index (χ4n) is 1.32. The number of carbonyl (C=O) groups excluding carboxylic acids is 1. The van der Waals surface area contributed by atoms with Gasteiger partial charge in [-0.05, 0) is 24.6 Å². The molecular weight excluding hydrogens is 290 g/mol.